The lowest BCUT2D eigenvalue weighted by Gasteiger charge is -2.17. The lowest BCUT2D eigenvalue weighted by Crippen LogP contribution is -2.34. The van der Waals surface area contributed by atoms with Crippen LogP contribution in [0.15, 0.2) is 9.95 Å². The third kappa shape index (κ3) is 3.71. The van der Waals surface area contributed by atoms with Crippen LogP contribution in [0.3, 0.4) is 0 Å². The normalized spacial score (nSPS) is 21.5. The number of thiophene rings is 1. The van der Waals surface area contributed by atoms with Crippen LogP contribution in [0.1, 0.15) is 49.0 Å². The van der Waals surface area contributed by atoms with Crippen LogP contribution in [0.25, 0.3) is 10.2 Å². The van der Waals surface area contributed by atoms with Gasteiger partial charge < -0.3 is 4.74 Å². The number of ether oxygens (including phenoxy) is 1. The van der Waals surface area contributed by atoms with Crippen LogP contribution >= 0.6 is 23.1 Å². The molecule has 4 heterocycles. The van der Waals surface area contributed by atoms with Gasteiger partial charge in [0.1, 0.15) is 4.83 Å². The molecule has 1 unspecified atom stereocenters. The van der Waals surface area contributed by atoms with Crippen LogP contribution in [0.2, 0.25) is 0 Å². The Morgan fingerprint density at radius 3 is 2.80 bits per heavy atom. The second-order valence-electron chi connectivity index (χ2n) is 8.17. The minimum Gasteiger partial charge on any atom is -0.376 e. The third-order valence-electron chi connectivity index (χ3n) is 6.15. The number of aryl methyl sites for hydroxylation is 2. The van der Waals surface area contributed by atoms with E-state index in [4.69, 9.17) is 9.72 Å². The first kappa shape index (κ1) is 20.2. The van der Waals surface area contributed by atoms with Crippen molar-refractivity contribution in [2.24, 2.45) is 0 Å². The Hall–Kier alpha value is -1.71. The Morgan fingerprint density at radius 1 is 1.17 bits per heavy atom. The van der Waals surface area contributed by atoms with Gasteiger partial charge in [0.25, 0.3) is 5.56 Å². The number of carbonyl (C=O) groups is 2. The fourth-order valence-corrected chi connectivity index (χ4v) is 6.79. The lowest BCUT2D eigenvalue weighted by atomic mass is 9.97. The summed E-state index contributed by atoms with van der Waals surface area (Å²) in [6, 6.07) is 0. The Bertz CT molecular complexity index is 1050. The van der Waals surface area contributed by atoms with E-state index in [-0.39, 0.29) is 29.2 Å². The van der Waals surface area contributed by atoms with Crippen LogP contribution in [0.4, 0.5) is 0 Å². The Labute approximate surface area is 182 Å². The van der Waals surface area contributed by atoms with Gasteiger partial charge in [-0.1, -0.05) is 11.8 Å². The number of thioether (sulfide) groups is 1. The molecule has 9 heteroatoms. The van der Waals surface area contributed by atoms with Crippen molar-refractivity contribution in [3.8, 4) is 0 Å². The van der Waals surface area contributed by atoms with Crippen LogP contribution in [-0.4, -0.2) is 51.3 Å². The molecule has 30 heavy (non-hydrogen) atoms. The highest BCUT2D eigenvalue weighted by molar-refractivity contribution is 7.99. The molecule has 2 amide bonds. The molecule has 0 spiro atoms. The van der Waals surface area contributed by atoms with Crippen LogP contribution in [0, 0.1) is 0 Å². The van der Waals surface area contributed by atoms with E-state index in [0.29, 0.717) is 24.7 Å². The maximum atomic E-state index is 13.5. The molecular formula is C21H25N3O4S2. The first-order chi connectivity index (χ1) is 14.6. The summed E-state index contributed by atoms with van der Waals surface area (Å²) in [6.45, 7) is 1.68. The molecular weight excluding hydrogens is 422 g/mol. The number of likely N-dealkylation sites (tertiary alicyclic amines) is 1. The summed E-state index contributed by atoms with van der Waals surface area (Å²) >= 11 is 2.88. The lowest BCUT2D eigenvalue weighted by molar-refractivity contribution is -0.140. The topological polar surface area (TPSA) is 81.5 Å². The molecule has 0 N–H and O–H groups in total. The van der Waals surface area contributed by atoms with Crippen LogP contribution in [0.5, 0.6) is 0 Å². The van der Waals surface area contributed by atoms with Gasteiger partial charge in [-0.2, -0.15) is 0 Å². The molecule has 160 valence electrons. The van der Waals surface area contributed by atoms with E-state index in [0.717, 1.165) is 61.8 Å². The van der Waals surface area contributed by atoms with Crippen molar-refractivity contribution >= 4 is 45.1 Å². The van der Waals surface area contributed by atoms with Gasteiger partial charge in [-0.3, -0.25) is 23.9 Å². The number of fused-ring (bicyclic) bond motifs is 3. The largest absolute Gasteiger partial charge is 0.376 e. The Morgan fingerprint density at radius 2 is 2.03 bits per heavy atom. The quantitative estimate of drug-likeness (QED) is 0.518. The molecule has 1 atom stereocenters. The summed E-state index contributed by atoms with van der Waals surface area (Å²) in [6.07, 6.45) is 7.32. The van der Waals surface area contributed by atoms with Gasteiger partial charge >= 0.3 is 0 Å². The summed E-state index contributed by atoms with van der Waals surface area (Å²) in [5.41, 5.74) is 1.16. The number of amides is 2. The summed E-state index contributed by atoms with van der Waals surface area (Å²) in [5, 5.41) is 1.32. The molecule has 0 radical (unpaired) electrons. The summed E-state index contributed by atoms with van der Waals surface area (Å²) in [4.78, 5) is 46.2. The maximum absolute atomic E-state index is 13.5. The van der Waals surface area contributed by atoms with E-state index in [2.05, 4.69) is 0 Å². The average Bonchev–Trinajstić information content (AvgIpc) is 3.48. The first-order valence-corrected chi connectivity index (χ1v) is 12.5. The van der Waals surface area contributed by atoms with E-state index in [9.17, 15) is 14.4 Å². The van der Waals surface area contributed by atoms with Gasteiger partial charge in [-0.25, -0.2) is 4.98 Å². The zero-order chi connectivity index (χ0) is 20.7. The maximum Gasteiger partial charge on any atom is 0.263 e. The molecule has 2 aliphatic heterocycles. The zero-order valence-corrected chi connectivity index (χ0v) is 18.5. The molecule has 1 aliphatic carbocycles. The van der Waals surface area contributed by atoms with E-state index in [1.165, 1.54) is 27.1 Å². The van der Waals surface area contributed by atoms with Gasteiger partial charge in [-0.05, 0) is 50.5 Å². The average molecular weight is 448 g/mol. The molecule has 5 rings (SSSR count). The summed E-state index contributed by atoms with van der Waals surface area (Å²) < 4.78 is 7.49. The van der Waals surface area contributed by atoms with Crippen molar-refractivity contribution in [2.75, 3.05) is 18.9 Å². The number of hydrogen-bond acceptors (Lipinski definition) is 7. The summed E-state index contributed by atoms with van der Waals surface area (Å²) in [5.74, 6) is -0.196. The highest BCUT2D eigenvalue weighted by Gasteiger charge is 2.28. The fourth-order valence-electron chi connectivity index (χ4n) is 4.60. The van der Waals surface area contributed by atoms with Gasteiger partial charge in [0, 0.05) is 24.4 Å². The predicted octanol–water partition coefficient (Wildman–Crippen LogP) is 2.76. The van der Waals surface area contributed by atoms with Gasteiger partial charge in [0.15, 0.2) is 5.16 Å². The number of aromatic nitrogens is 2. The van der Waals surface area contributed by atoms with Gasteiger partial charge in [0.2, 0.25) is 11.8 Å². The molecule has 3 aliphatic rings. The zero-order valence-electron chi connectivity index (χ0n) is 16.9. The van der Waals surface area contributed by atoms with Crippen molar-refractivity contribution in [2.45, 2.75) is 69.2 Å². The third-order valence-corrected chi connectivity index (χ3v) is 8.30. The van der Waals surface area contributed by atoms with Crippen molar-refractivity contribution in [1.29, 1.82) is 0 Å². The Kier molecular flexibility index (Phi) is 5.68. The molecule has 0 saturated carbocycles. The second-order valence-corrected chi connectivity index (χ2v) is 10.2. The van der Waals surface area contributed by atoms with Crippen molar-refractivity contribution in [3.63, 3.8) is 0 Å². The van der Waals surface area contributed by atoms with Crippen molar-refractivity contribution < 1.29 is 14.3 Å². The van der Waals surface area contributed by atoms with Gasteiger partial charge in [-0.15, -0.1) is 11.3 Å². The van der Waals surface area contributed by atoms with E-state index in [1.54, 1.807) is 15.9 Å². The van der Waals surface area contributed by atoms with Crippen LogP contribution in [-0.2, 0) is 33.7 Å². The van der Waals surface area contributed by atoms with E-state index < -0.39 is 0 Å². The SMILES string of the molecule is O=C1CCCN1C(=O)CSc1nc2sc3c(c2c(=O)n1CC1CCCO1)CCCC3. The highest BCUT2D eigenvalue weighted by atomic mass is 32.2. The van der Waals surface area contributed by atoms with E-state index >= 15 is 0 Å². The number of hydrogen-bond donors (Lipinski definition) is 0. The minimum absolute atomic E-state index is 0.00613. The molecule has 0 aromatic carbocycles. The minimum atomic E-state index is -0.203. The van der Waals surface area contributed by atoms with Crippen molar-refractivity contribution in [1.82, 2.24) is 14.5 Å². The molecule has 2 fully saturated rings. The monoisotopic (exact) mass is 447 g/mol. The molecule has 2 aromatic heterocycles. The molecule has 2 aromatic rings. The summed E-state index contributed by atoms with van der Waals surface area (Å²) in [7, 11) is 0. The smallest absolute Gasteiger partial charge is 0.263 e. The standard InChI is InChI=1S/C21H25N3O4S2/c25-16-8-3-9-23(16)17(26)12-29-21-22-19-18(14-6-1-2-7-15(14)30-19)20(27)24(21)11-13-5-4-10-28-13/h13H,1-12H2. The number of rotatable bonds is 5. The predicted molar refractivity (Wildman–Crippen MR) is 116 cm³/mol. The number of imide groups is 1. The van der Waals surface area contributed by atoms with Gasteiger partial charge in [0.05, 0.1) is 23.8 Å². The molecule has 7 nitrogen and oxygen atoms in total. The van der Waals surface area contributed by atoms with Crippen LogP contribution < -0.4 is 5.56 Å². The first-order valence-electron chi connectivity index (χ1n) is 10.7. The second kappa shape index (κ2) is 8.43. The highest BCUT2D eigenvalue weighted by Crippen LogP contribution is 2.35. The molecule has 2 saturated heterocycles. The van der Waals surface area contributed by atoms with E-state index in [1.807, 2.05) is 0 Å². The number of carbonyl (C=O) groups excluding carboxylic acids is 2. The fraction of sp³-hybridized carbons (Fsp3) is 0.619. The van der Waals surface area contributed by atoms with Crippen molar-refractivity contribution in [3.05, 3.63) is 20.8 Å². The molecule has 0 bridgehead atoms. The number of nitrogens with zero attached hydrogens (tertiary/aromatic N) is 3. The Balaban J connectivity index is 1.49.